The van der Waals surface area contributed by atoms with Crippen LogP contribution < -0.4 is 0 Å². The summed E-state index contributed by atoms with van der Waals surface area (Å²) in [6.07, 6.45) is 3.38. The highest BCUT2D eigenvalue weighted by Crippen LogP contribution is 2.16. The van der Waals surface area contributed by atoms with Gasteiger partial charge >= 0.3 is 11.9 Å². The molecule has 1 N–H and O–H groups in total. The van der Waals surface area contributed by atoms with Crippen molar-refractivity contribution in [3.63, 3.8) is 0 Å². The SMILES string of the molecule is CCOC(=O)CC=Cc1cscc1C(=O)O. The first-order valence-corrected chi connectivity index (χ1v) is 5.71. The van der Waals surface area contributed by atoms with Crippen molar-refractivity contribution in [1.29, 1.82) is 0 Å². The van der Waals surface area contributed by atoms with Gasteiger partial charge in [0.15, 0.2) is 0 Å². The first-order valence-electron chi connectivity index (χ1n) is 4.76. The van der Waals surface area contributed by atoms with Gasteiger partial charge in [-0.15, -0.1) is 0 Å². The topological polar surface area (TPSA) is 63.6 Å². The minimum Gasteiger partial charge on any atom is -0.478 e. The molecular formula is C11H12O4S. The van der Waals surface area contributed by atoms with E-state index < -0.39 is 5.97 Å². The average molecular weight is 240 g/mol. The number of hydrogen-bond acceptors (Lipinski definition) is 4. The number of ether oxygens (including phenoxy) is 1. The van der Waals surface area contributed by atoms with Gasteiger partial charge < -0.3 is 9.84 Å². The zero-order valence-electron chi connectivity index (χ0n) is 8.80. The van der Waals surface area contributed by atoms with E-state index in [1.54, 1.807) is 29.8 Å². The fraction of sp³-hybridized carbons (Fsp3) is 0.273. The number of carboxylic acids is 1. The van der Waals surface area contributed by atoms with Crippen LogP contribution in [-0.2, 0) is 9.53 Å². The van der Waals surface area contributed by atoms with Crippen LogP contribution in [0.15, 0.2) is 16.8 Å². The summed E-state index contributed by atoms with van der Waals surface area (Å²) in [5, 5.41) is 12.1. The second-order valence-corrected chi connectivity index (χ2v) is 3.70. The molecule has 16 heavy (non-hydrogen) atoms. The number of carbonyl (C=O) groups is 2. The van der Waals surface area contributed by atoms with E-state index >= 15 is 0 Å². The molecule has 0 radical (unpaired) electrons. The van der Waals surface area contributed by atoms with Crippen molar-refractivity contribution < 1.29 is 19.4 Å². The zero-order chi connectivity index (χ0) is 12.0. The van der Waals surface area contributed by atoms with Crippen LogP contribution in [0.1, 0.15) is 29.3 Å². The number of thiophene rings is 1. The molecule has 1 rings (SSSR count). The Labute approximate surface area is 97.2 Å². The predicted molar refractivity (Wildman–Crippen MR) is 61.6 cm³/mol. The third kappa shape index (κ3) is 3.51. The maximum absolute atomic E-state index is 11.0. The van der Waals surface area contributed by atoms with E-state index in [1.165, 1.54) is 11.3 Å². The lowest BCUT2D eigenvalue weighted by Crippen LogP contribution is -2.01. The highest BCUT2D eigenvalue weighted by atomic mass is 32.1. The lowest BCUT2D eigenvalue weighted by Gasteiger charge is -1.96. The normalized spacial score (nSPS) is 10.6. The molecule has 1 aromatic heterocycles. The van der Waals surface area contributed by atoms with Crippen molar-refractivity contribution in [2.75, 3.05) is 6.61 Å². The Bertz CT molecular complexity index is 406. The molecule has 5 heteroatoms. The molecule has 0 aromatic carbocycles. The molecule has 0 aliphatic rings. The van der Waals surface area contributed by atoms with Crippen molar-refractivity contribution in [3.05, 3.63) is 28.0 Å². The van der Waals surface area contributed by atoms with Crippen LogP contribution in [0.5, 0.6) is 0 Å². The maximum Gasteiger partial charge on any atom is 0.337 e. The minimum absolute atomic E-state index is 0.156. The van der Waals surface area contributed by atoms with Gasteiger partial charge in [0.1, 0.15) is 0 Å². The molecule has 0 aliphatic heterocycles. The van der Waals surface area contributed by atoms with Crippen LogP contribution >= 0.6 is 11.3 Å². The summed E-state index contributed by atoms with van der Waals surface area (Å²) in [6.45, 7) is 2.09. The Morgan fingerprint density at radius 3 is 2.88 bits per heavy atom. The van der Waals surface area contributed by atoms with Gasteiger partial charge in [-0.2, -0.15) is 11.3 Å². The fourth-order valence-electron chi connectivity index (χ4n) is 1.11. The first-order chi connectivity index (χ1) is 7.65. The molecule has 4 nitrogen and oxygen atoms in total. The van der Waals surface area contributed by atoms with E-state index in [0.717, 1.165) is 0 Å². The Kier molecular flexibility index (Phi) is 4.72. The van der Waals surface area contributed by atoms with Gasteiger partial charge in [-0.25, -0.2) is 4.79 Å². The molecule has 0 amide bonds. The summed E-state index contributed by atoms with van der Waals surface area (Å²) in [4.78, 5) is 21.8. The number of esters is 1. The van der Waals surface area contributed by atoms with E-state index in [0.29, 0.717) is 12.2 Å². The molecule has 0 spiro atoms. The summed E-state index contributed by atoms with van der Waals surface area (Å²) in [5.41, 5.74) is 0.868. The summed E-state index contributed by atoms with van der Waals surface area (Å²) in [5.74, 6) is -1.28. The van der Waals surface area contributed by atoms with Gasteiger partial charge in [-0.3, -0.25) is 4.79 Å². The smallest absolute Gasteiger partial charge is 0.337 e. The molecule has 0 bridgehead atoms. The van der Waals surface area contributed by atoms with Crippen LogP contribution in [-0.4, -0.2) is 23.7 Å². The van der Waals surface area contributed by atoms with Crippen molar-refractivity contribution >= 4 is 29.4 Å². The van der Waals surface area contributed by atoms with Crippen LogP contribution in [0, 0.1) is 0 Å². The Morgan fingerprint density at radius 2 is 2.25 bits per heavy atom. The number of aromatic carboxylic acids is 1. The second kappa shape index (κ2) is 6.07. The van der Waals surface area contributed by atoms with Gasteiger partial charge in [-0.05, 0) is 17.9 Å². The Morgan fingerprint density at radius 1 is 1.50 bits per heavy atom. The van der Waals surface area contributed by atoms with E-state index in [9.17, 15) is 9.59 Å². The minimum atomic E-state index is -0.961. The van der Waals surface area contributed by atoms with Crippen LogP contribution in [0.25, 0.3) is 6.08 Å². The highest BCUT2D eigenvalue weighted by Gasteiger charge is 2.08. The quantitative estimate of drug-likeness (QED) is 0.803. The molecular weight excluding hydrogens is 228 g/mol. The lowest BCUT2D eigenvalue weighted by atomic mass is 10.2. The monoisotopic (exact) mass is 240 g/mol. The largest absolute Gasteiger partial charge is 0.478 e. The summed E-state index contributed by atoms with van der Waals surface area (Å²) >= 11 is 1.32. The molecule has 0 aliphatic carbocycles. The van der Waals surface area contributed by atoms with Gasteiger partial charge in [0.25, 0.3) is 0 Å². The standard InChI is InChI=1S/C11H12O4S/c1-2-15-10(12)5-3-4-8-6-16-7-9(8)11(13)14/h3-4,6-7H,2,5H2,1H3,(H,13,14). The molecule has 0 saturated heterocycles. The van der Waals surface area contributed by atoms with E-state index in [1.807, 2.05) is 0 Å². The lowest BCUT2D eigenvalue weighted by molar-refractivity contribution is -0.142. The van der Waals surface area contributed by atoms with Crippen LogP contribution in [0.2, 0.25) is 0 Å². The third-order valence-electron chi connectivity index (χ3n) is 1.81. The molecule has 0 atom stereocenters. The molecule has 0 unspecified atom stereocenters. The number of rotatable bonds is 5. The van der Waals surface area contributed by atoms with E-state index in [4.69, 9.17) is 9.84 Å². The molecule has 0 fully saturated rings. The molecule has 1 aromatic rings. The van der Waals surface area contributed by atoms with Crippen molar-refractivity contribution in [1.82, 2.24) is 0 Å². The van der Waals surface area contributed by atoms with E-state index in [-0.39, 0.29) is 18.0 Å². The van der Waals surface area contributed by atoms with Gasteiger partial charge in [-0.1, -0.05) is 12.2 Å². The predicted octanol–water partition coefficient (Wildman–Crippen LogP) is 2.41. The average Bonchev–Trinajstić information content (AvgIpc) is 2.66. The van der Waals surface area contributed by atoms with E-state index in [2.05, 4.69) is 0 Å². The van der Waals surface area contributed by atoms with Crippen molar-refractivity contribution in [2.24, 2.45) is 0 Å². The molecule has 86 valence electrons. The fourth-order valence-corrected chi connectivity index (χ4v) is 1.91. The maximum atomic E-state index is 11.0. The molecule has 0 saturated carbocycles. The number of carboxylic acid groups (broad SMARTS) is 1. The van der Waals surface area contributed by atoms with Crippen LogP contribution in [0.4, 0.5) is 0 Å². The summed E-state index contributed by atoms with van der Waals surface area (Å²) in [6, 6.07) is 0. The molecule has 1 heterocycles. The van der Waals surface area contributed by atoms with Crippen molar-refractivity contribution in [3.8, 4) is 0 Å². The Balaban J connectivity index is 2.59. The second-order valence-electron chi connectivity index (χ2n) is 2.96. The van der Waals surface area contributed by atoms with Crippen LogP contribution in [0.3, 0.4) is 0 Å². The third-order valence-corrected chi connectivity index (χ3v) is 2.57. The zero-order valence-corrected chi connectivity index (χ0v) is 9.62. The first kappa shape index (κ1) is 12.4. The summed E-state index contributed by atoms with van der Waals surface area (Å²) in [7, 11) is 0. The van der Waals surface area contributed by atoms with Gasteiger partial charge in [0.2, 0.25) is 0 Å². The number of hydrogen-bond donors (Lipinski definition) is 1. The highest BCUT2D eigenvalue weighted by molar-refractivity contribution is 7.08. The Hall–Kier alpha value is -1.62. The number of carbonyl (C=O) groups excluding carboxylic acids is 1. The summed E-state index contributed by atoms with van der Waals surface area (Å²) < 4.78 is 4.74. The van der Waals surface area contributed by atoms with Gasteiger partial charge in [0.05, 0.1) is 18.6 Å². The van der Waals surface area contributed by atoms with Crippen molar-refractivity contribution in [2.45, 2.75) is 13.3 Å². The van der Waals surface area contributed by atoms with Gasteiger partial charge in [0, 0.05) is 5.38 Å².